The van der Waals surface area contributed by atoms with Crippen LogP contribution in [0.15, 0.2) is 42.9 Å². The monoisotopic (exact) mass is 393 g/mol. The van der Waals surface area contributed by atoms with E-state index in [0.717, 1.165) is 54.6 Å². The van der Waals surface area contributed by atoms with E-state index in [2.05, 4.69) is 40.0 Å². The lowest BCUT2D eigenvalue weighted by atomic mass is 10.0. The maximum atomic E-state index is 6.11. The predicted molar refractivity (Wildman–Crippen MR) is 111 cm³/mol. The van der Waals surface area contributed by atoms with Crippen molar-refractivity contribution in [3.8, 4) is 17.0 Å². The fourth-order valence-corrected chi connectivity index (χ4v) is 3.71. The number of hydrogen-bond acceptors (Lipinski definition) is 6. The van der Waals surface area contributed by atoms with Gasteiger partial charge in [0, 0.05) is 55.9 Å². The van der Waals surface area contributed by atoms with Crippen molar-refractivity contribution in [3.63, 3.8) is 0 Å². The first-order valence-corrected chi connectivity index (χ1v) is 10.00. The van der Waals surface area contributed by atoms with Crippen molar-refractivity contribution in [2.75, 3.05) is 26.8 Å². The molecule has 0 spiro atoms. The molecule has 4 rings (SSSR count). The molecule has 1 fully saturated rings. The van der Waals surface area contributed by atoms with Gasteiger partial charge in [-0.1, -0.05) is 12.1 Å². The van der Waals surface area contributed by atoms with Crippen LogP contribution in [0.2, 0.25) is 0 Å². The number of morpholine rings is 1. The highest BCUT2D eigenvalue weighted by molar-refractivity contribution is 5.63. The lowest BCUT2D eigenvalue weighted by Crippen LogP contribution is -2.38. The Morgan fingerprint density at radius 1 is 1.24 bits per heavy atom. The van der Waals surface area contributed by atoms with Crippen LogP contribution in [0.25, 0.3) is 11.3 Å². The van der Waals surface area contributed by atoms with E-state index in [9.17, 15) is 0 Å². The molecule has 1 saturated heterocycles. The Morgan fingerprint density at radius 3 is 2.90 bits per heavy atom. The number of hydrogen-bond donors (Lipinski definition) is 0. The average Bonchev–Trinajstić information content (AvgIpc) is 3.13. The molecular weight excluding hydrogens is 366 g/mol. The Morgan fingerprint density at radius 2 is 2.10 bits per heavy atom. The van der Waals surface area contributed by atoms with Gasteiger partial charge in [-0.25, -0.2) is 0 Å². The smallest absolute Gasteiger partial charge is 0.119 e. The number of benzene rings is 1. The number of aryl methyl sites for hydroxylation is 2. The van der Waals surface area contributed by atoms with Crippen LogP contribution in [-0.4, -0.2) is 51.5 Å². The van der Waals surface area contributed by atoms with Crippen LogP contribution < -0.4 is 4.74 Å². The zero-order valence-electron chi connectivity index (χ0n) is 17.2. The molecule has 0 unspecified atom stereocenters. The molecule has 152 valence electrons. The summed E-state index contributed by atoms with van der Waals surface area (Å²) in [5, 5.41) is 4.57. The molecule has 29 heavy (non-hydrogen) atoms. The normalized spacial score (nSPS) is 17.4. The average molecular weight is 393 g/mol. The molecule has 0 amide bonds. The first-order chi connectivity index (χ1) is 14.2. The van der Waals surface area contributed by atoms with Gasteiger partial charge in [-0.2, -0.15) is 5.10 Å². The van der Waals surface area contributed by atoms with Crippen LogP contribution in [0.1, 0.15) is 30.0 Å². The Balaban J connectivity index is 1.56. The van der Waals surface area contributed by atoms with Gasteiger partial charge in [-0.05, 0) is 26.0 Å². The summed E-state index contributed by atoms with van der Waals surface area (Å²) in [5.74, 6) is 0.800. The lowest BCUT2D eigenvalue weighted by molar-refractivity contribution is -0.0349. The highest BCUT2D eigenvalue weighted by Gasteiger charge is 2.27. The summed E-state index contributed by atoms with van der Waals surface area (Å²) < 4.78 is 13.5. The first kappa shape index (κ1) is 19.5. The van der Waals surface area contributed by atoms with Crippen molar-refractivity contribution in [2.45, 2.75) is 33.0 Å². The summed E-state index contributed by atoms with van der Waals surface area (Å²) in [6, 6.07) is 7.90. The number of ether oxygens (including phenoxy) is 2. The molecule has 3 aromatic rings. The Kier molecular flexibility index (Phi) is 5.87. The van der Waals surface area contributed by atoms with E-state index in [1.165, 1.54) is 5.56 Å². The molecule has 0 aliphatic carbocycles. The molecule has 3 heterocycles. The molecule has 0 radical (unpaired) electrons. The van der Waals surface area contributed by atoms with Crippen molar-refractivity contribution in [1.82, 2.24) is 24.6 Å². The third-order valence-electron chi connectivity index (χ3n) is 5.29. The minimum atomic E-state index is -0.125. The summed E-state index contributed by atoms with van der Waals surface area (Å²) in [5.41, 5.74) is 5.04. The van der Waals surface area contributed by atoms with Crippen molar-refractivity contribution in [2.24, 2.45) is 0 Å². The van der Waals surface area contributed by atoms with Gasteiger partial charge in [-0.3, -0.25) is 19.5 Å². The van der Waals surface area contributed by atoms with Gasteiger partial charge in [0.05, 0.1) is 30.8 Å². The molecule has 1 aliphatic heterocycles. The molecular formula is C22H27N5O2. The van der Waals surface area contributed by atoms with Crippen LogP contribution in [0.3, 0.4) is 0 Å². The standard InChI is InChI=1S/C22H27N5O2/c1-4-27-14-18(16(2)25-27)13-26-10-11-29-20(15-26)22-21(23-8-9-24-22)17-6-5-7-19(12-17)28-3/h5-9,12,14,20H,4,10-11,13,15H2,1-3H3/t20-/m0/s1. The molecule has 1 aliphatic rings. The van der Waals surface area contributed by atoms with Crippen molar-refractivity contribution < 1.29 is 9.47 Å². The van der Waals surface area contributed by atoms with Gasteiger partial charge in [0.15, 0.2) is 0 Å². The van der Waals surface area contributed by atoms with Crippen molar-refractivity contribution >= 4 is 0 Å². The Hall–Kier alpha value is -2.77. The van der Waals surface area contributed by atoms with Crippen LogP contribution in [0, 0.1) is 6.92 Å². The second-order valence-electron chi connectivity index (χ2n) is 7.21. The number of aromatic nitrogens is 4. The fraction of sp³-hybridized carbons (Fsp3) is 0.409. The van der Waals surface area contributed by atoms with E-state index in [0.29, 0.717) is 6.61 Å². The van der Waals surface area contributed by atoms with Gasteiger partial charge in [0.25, 0.3) is 0 Å². The number of nitrogens with zero attached hydrogens (tertiary/aromatic N) is 5. The fourth-order valence-electron chi connectivity index (χ4n) is 3.71. The molecule has 0 bridgehead atoms. The predicted octanol–water partition coefficient (Wildman–Crippen LogP) is 3.25. The number of methoxy groups -OCH3 is 1. The highest BCUT2D eigenvalue weighted by Crippen LogP contribution is 2.31. The largest absolute Gasteiger partial charge is 0.497 e. The van der Waals surface area contributed by atoms with Gasteiger partial charge in [0.1, 0.15) is 11.9 Å². The van der Waals surface area contributed by atoms with Crippen molar-refractivity contribution in [3.05, 3.63) is 59.8 Å². The summed E-state index contributed by atoms with van der Waals surface area (Å²) in [4.78, 5) is 11.7. The van der Waals surface area contributed by atoms with Gasteiger partial charge in [0.2, 0.25) is 0 Å². The molecule has 7 heteroatoms. The summed E-state index contributed by atoms with van der Waals surface area (Å²) in [6.45, 7) is 8.25. The third-order valence-corrected chi connectivity index (χ3v) is 5.29. The summed E-state index contributed by atoms with van der Waals surface area (Å²) in [6.07, 6.45) is 5.47. The zero-order valence-corrected chi connectivity index (χ0v) is 17.2. The van der Waals surface area contributed by atoms with Crippen LogP contribution in [0.4, 0.5) is 0 Å². The van der Waals surface area contributed by atoms with E-state index >= 15 is 0 Å². The van der Waals surface area contributed by atoms with Crippen LogP contribution >= 0.6 is 0 Å². The van der Waals surface area contributed by atoms with E-state index < -0.39 is 0 Å². The summed E-state index contributed by atoms with van der Waals surface area (Å²) in [7, 11) is 1.67. The number of rotatable bonds is 6. The SMILES string of the molecule is CCn1cc(CN2CCO[C@H](c3nccnc3-c3cccc(OC)c3)C2)c(C)n1. The van der Waals surface area contributed by atoms with Gasteiger partial charge < -0.3 is 9.47 Å². The second-order valence-corrected chi connectivity index (χ2v) is 7.21. The van der Waals surface area contributed by atoms with Crippen LogP contribution in [-0.2, 0) is 17.8 Å². The third kappa shape index (κ3) is 4.31. The molecule has 1 aromatic carbocycles. The maximum absolute atomic E-state index is 6.11. The zero-order chi connectivity index (χ0) is 20.2. The first-order valence-electron chi connectivity index (χ1n) is 10.00. The van der Waals surface area contributed by atoms with Crippen LogP contribution in [0.5, 0.6) is 5.75 Å². The molecule has 2 aromatic heterocycles. The highest BCUT2D eigenvalue weighted by atomic mass is 16.5. The minimum Gasteiger partial charge on any atom is -0.497 e. The molecule has 0 saturated carbocycles. The van der Waals surface area contributed by atoms with Gasteiger partial charge in [-0.15, -0.1) is 0 Å². The van der Waals surface area contributed by atoms with E-state index in [-0.39, 0.29) is 6.10 Å². The second kappa shape index (κ2) is 8.71. The molecule has 1 atom stereocenters. The summed E-state index contributed by atoms with van der Waals surface area (Å²) >= 11 is 0. The Bertz CT molecular complexity index is 971. The molecule has 7 nitrogen and oxygen atoms in total. The topological polar surface area (TPSA) is 65.3 Å². The Labute approximate surface area is 171 Å². The van der Waals surface area contributed by atoms with Crippen molar-refractivity contribution in [1.29, 1.82) is 0 Å². The van der Waals surface area contributed by atoms with E-state index in [4.69, 9.17) is 9.47 Å². The van der Waals surface area contributed by atoms with Gasteiger partial charge >= 0.3 is 0 Å². The minimum absolute atomic E-state index is 0.125. The maximum Gasteiger partial charge on any atom is 0.119 e. The molecule has 0 N–H and O–H groups in total. The quantitative estimate of drug-likeness (QED) is 0.641. The van der Waals surface area contributed by atoms with E-state index in [1.54, 1.807) is 19.5 Å². The lowest BCUT2D eigenvalue weighted by Gasteiger charge is -2.33. The van der Waals surface area contributed by atoms with E-state index in [1.807, 2.05) is 28.9 Å².